The maximum atomic E-state index is 11.9. The van der Waals surface area contributed by atoms with Gasteiger partial charge in [-0.3, -0.25) is 4.79 Å². The zero-order chi connectivity index (χ0) is 13.1. The number of hydrogen-bond donors (Lipinski definition) is 1. The smallest absolute Gasteiger partial charge is 0.226 e. The zero-order valence-electron chi connectivity index (χ0n) is 10.8. The van der Waals surface area contributed by atoms with Crippen LogP contribution in [0.5, 0.6) is 0 Å². The van der Waals surface area contributed by atoms with Crippen LogP contribution in [0.15, 0.2) is 24.3 Å². The summed E-state index contributed by atoms with van der Waals surface area (Å²) in [5.41, 5.74) is 0. The zero-order valence-corrected chi connectivity index (χ0v) is 11.6. The van der Waals surface area contributed by atoms with E-state index in [4.69, 9.17) is 0 Å². The summed E-state index contributed by atoms with van der Waals surface area (Å²) < 4.78 is 5.42. The number of carbonyl (C=O) groups is 1. The van der Waals surface area contributed by atoms with Gasteiger partial charge in [-0.05, 0) is 49.6 Å². The fourth-order valence-corrected chi connectivity index (χ4v) is 3.17. The lowest BCUT2D eigenvalue weighted by Crippen LogP contribution is -2.25. The molecule has 1 amide bonds. The molecule has 0 atom stereocenters. The molecule has 3 rings (SSSR count). The van der Waals surface area contributed by atoms with Gasteiger partial charge in [0.15, 0.2) is 5.82 Å². The molecule has 0 unspecified atom stereocenters. The molecule has 0 radical (unpaired) electrons. The molecule has 2 heterocycles. The van der Waals surface area contributed by atoms with Crippen molar-refractivity contribution < 1.29 is 4.79 Å². The van der Waals surface area contributed by atoms with E-state index in [9.17, 15) is 4.79 Å². The first-order valence-corrected chi connectivity index (χ1v) is 7.47. The summed E-state index contributed by atoms with van der Waals surface area (Å²) in [6, 6.07) is 7.97. The largest absolute Gasteiger partial charge is 0.309 e. The molecule has 100 valence electrons. The number of rotatable bonds is 4. The highest BCUT2D eigenvalue weighted by atomic mass is 32.1. The Bertz CT molecular complexity index is 575. The summed E-state index contributed by atoms with van der Waals surface area (Å²) >= 11 is 1.42. The molecule has 0 saturated carbocycles. The summed E-state index contributed by atoms with van der Waals surface area (Å²) in [4.78, 5) is 14.3. The summed E-state index contributed by atoms with van der Waals surface area (Å²) in [5, 5.41) is 3.95. The van der Waals surface area contributed by atoms with E-state index < -0.39 is 0 Å². The third kappa shape index (κ3) is 2.93. The van der Waals surface area contributed by atoms with Gasteiger partial charge in [0.1, 0.15) is 0 Å². The first-order chi connectivity index (χ1) is 9.33. The van der Waals surface area contributed by atoms with Gasteiger partial charge in [-0.1, -0.05) is 12.1 Å². The number of likely N-dealkylation sites (tertiary alicyclic amines) is 1. The molecule has 1 N–H and O–H groups in total. The lowest BCUT2D eigenvalue weighted by Gasteiger charge is -2.13. The van der Waals surface area contributed by atoms with Gasteiger partial charge in [-0.25, -0.2) is 0 Å². The SMILES string of the molecule is O=C(CCN1CCCC1)Nc1nsc2ccccc12. The average Bonchev–Trinajstić information content (AvgIpc) is 3.07. The van der Waals surface area contributed by atoms with Gasteiger partial charge in [0.25, 0.3) is 0 Å². The highest BCUT2D eigenvalue weighted by molar-refractivity contribution is 7.13. The van der Waals surface area contributed by atoms with Crippen molar-refractivity contribution in [3.8, 4) is 0 Å². The standard InChI is InChI=1S/C14H17N3OS/c18-13(7-10-17-8-3-4-9-17)15-14-11-5-1-2-6-12(11)19-16-14/h1-2,5-6H,3-4,7-10H2,(H,15,16,18). The lowest BCUT2D eigenvalue weighted by atomic mass is 10.2. The van der Waals surface area contributed by atoms with Crippen LogP contribution in [0.1, 0.15) is 19.3 Å². The van der Waals surface area contributed by atoms with E-state index in [1.54, 1.807) is 0 Å². The van der Waals surface area contributed by atoms with Crippen LogP contribution in [-0.4, -0.2) is 34.8 Å². The predicted molar refractivity (Wildman–Crippen MR) is 78.5 cm³/mol. The molecular weight excluding hydrogens is 258 g/mol. The molecule has 1 aromatic carbocycles. The highest BCUT2D eigenvalue weighted by Gasteiger charge is 2.14. The number of anilines is 1. The minimum atomic E-state index is 0.0583. The van der Waals surface area contributed by atoms with Gasteiger partial charge in [0, 0.05) is 18.4 Å². The summed E-state index contributed by atoms with van der Waals surface area (Å²) in [6.45, 7) is 3.12. The number of amides is 1. The van der Waals surface area contributed by atoms with E-state index in [2.05, 4.69) is 14.6 Å². The topological polar surface area (TPSA) is 45.2 Å². The van der Waals surface area contributed by atoms with E-state index in [-0.39, 0.29) is 5.91 Å². The first kappa shape index (κ1) is 12.6. The molecule has 1 aromatic heterocycles. The second-order valence-electron chi connectivity index (χ2n) is 4.87. The normalized spacial score (nSPS) is 16.0. The Labute approximate surface area is 116 Å². The highest BCUT2D eigenvalue weighted by Crippen LogP contribution is 2.26. The number of fused-ring (bicyclic) bond motifs is 1. The van der Waals surface area contributed by atoms with Crippen molar-refractivity contribution in [2.75, 3.05) is 25.0 Å². The third-order valence-corrected chi connectivity index (χ3v) is 4.32. The molecule has 0 spiro atoms. The Hall–Kier alpha value is -1.46. The lowest BCUT2D eigenvalue weighted by molar-refractivity contribution is -0.116. The van der Waals surface area contributed by atoms with Crippen molar-refractivity contribution in [3.05, 3.63) is 24.3 Å². The van der Waals surface area contributed by atoms with Gasteiger partial charge in [0.2, 0.25) is 5.91 Å². The fourth-order valence-electron chi connectivity index (χ4n) is 2.44. The second kappa shape index (κ2) is 5.67. The Morgan fingerprint density at radius 3 is 2.95 bits per heavy atom. The average molecular weight is 275 g/mol. The second-order valence-corrected chi connectivity index (χ2v) is 5.68. The minimum Gasteiger partial charge on any atom is -0.309 e. The Morgan fingerprint density at radius 1 is 1.32 bits per heavy atom. The molecule has 1 saturated heterocycles. The van der Waals surface area contributed by atoms with Crippen LogP contribution in [0.2, 0.25) is 0 Å². The van der Waals surface area contributed by atoms with Crippen molar-refractivity contribution in [1.29, 1.82) is 0 Å². The van der Waals surface area contributed by atoms with Crippen LogP contribution in [0.4, 0.5) is 5.82 Å². The number of nitrogens with one attached hydrogen (secondary N) is 1. The number of hydrogen-bond acceptors (Lipinski definition) is 4. The molecule has 1 fully saturated rings. The molecule has 0 aliphatic carbocycles. The molecule has 2 aromatic rings. The molecule has 5 heteroatoms. The van der Waals surface area contributed by atoms with Gasteiger partial charge in [-0.2, -0.15) is 4.37 Å². The van der Waals surface area contributed by atoms with E-state index >= 15 is 0 Å². The predicted octanol–water partition coefficient (Wildman–Crippen LogP) is 2.72. The third-order valence-electron chi connectivity index (χ3n) is 3.49. The molecular formula is C14H17N3OS. The number of nitrogens with zero attached hydrogens (tertiary/aromatic N) is 2. The van der Waals surface area contributed by atoms with E-state index in [0.29, 0.717) is 12.2 Å². The van der Waals surface area contributed by atoms with Crippen LogP contribution in [0.25, 0.3) is 10.1 Å². The molecule has 0 bridgehead atoms. The van der Waals surface area contributed by atoms with Gasteiger partial charge < -0.3 is 10.2 Å². The summed E-state index contributed by atoms with van der Waals surface area (Å²) in [7, 11) is 0. The maximum Gasteiger partial charge on any atom is 0.226 e. The van der Waals surface area contributed by atoms with Crippen molar-refractivity contribution in [1.82, 2.24) is 9.27 Å². The van der Waals surface area contributed by atoms with Crippen LogP contribution in [-0.2, 0) is 4.79 Å². The Kier molecular flexibility index (Phi) is 3.75. The van der Waals surface area contributed by atoms with E-state index in [1.165, 1.54) is 24.4 Å². The number of carbonyl (C=O) groups excluding carboxylic acids is 1. The number of benzene rings is 1. The van der Waals surface area contributed by atoms with Crippen LogP contribution >= 0.6 is 11.5 Å². The van der Waals surface area contributed by atoms with Crippen LogP contribution < -0.4 is 5.32 Å². The van der Waals surface area contributed by atoms with Gasteiger partial charge in [0.05, 0.1) is 4.70 Å². The monoisotopic (exact) mass is 275 g/mol. The van der Waals surface area contributed by atoms with Crippen LogP contribution in [0, 0.1) is 0 Å². The van der Waals surface area contributed by atoms with Gasteiger partial charge in [-0.15, -0.1) is 0 Å². The molecule has 4 nitrogen and oxygen atoms in total. The Balaban J connectivity index is 1.59. The molecule has 1 aliphatic rings. The van der Waals surface area contributed by atoms with Crippen molar-refractivity contribution in [3.63, 3.8) is 0 Å². The first-order valence-electron chi connectivity index (χ1n) is 6.69. The van der Waals surface area contributed by atoms with Gasteiger partial charge >= 0.3 is 0 Å². The number of aromatic nitrogens is 1. The van der Waals surface area contributed by atoms with Crippen molar-refractivity contribution in [2.45, 2.75) is 19.3 Å². The quantitative estimate of drug-likeness (QED) is 0.933. The fraction of sp³-hybridized carbons (Fsp3) is 0.429. The minimum absolute atomic E-state index is 0.0583. The van der Waals surface area contributed by atoms with E-state index in [0.717, 1.165) is 29.7 Å². The van der Waals surface area contributed by atoms with Crippen molar-refractivity contribution >= 4 is 33.3 Å². The molecule has 19 heavy (non-hydrogen) atoms. The summed E-state index contributed by atoms with van der Waals surface area (Å²) in [5.74, 6) is 0.759. The van der Waals surface area contributed by atoms with E-state index in [1.807, 2.05) is 24.3 Å². The van der Waals surface area contributed by atoms with Crippen molar-refractivity contribution in [2.24, 2.45) is 0 Å². The molecule has 1 aliphatic heterocycles. The Morgan fingerprint density at radius 2 is 2.11 bits per heavy atom. The van der Waals surface area contributed by atoms with Crippen LogP contribution in [0.3, 0.4) is 0 Å². The maximum absolute atomic E-state index is 11.9. The summed E-state index contributed by atoms with van der Waals surface area (Å²) in [6.07, 6.45) is 3.07.